The van der Waals surface area contributed by atoms with Crippen LogP contribution < -0.4 is 0 Å². The summed E-state index contributed by atoms with van der Waals surface area (Å²) < 4.78 is 5.54. The second-order valence-electron chi connectivity index (χ2n) is 7.07. The lowest BCUT2D eigenvalue weighted by Gasteiger charge is -2.54. The van der Waals surface area contributed by atoms with Crippen molar-refractivity contribution in [2.45, 2.75) is 58.2 Å². The molecule has 1 heterocycles. The number of carbonyl (C=O) groups excluding carboxylic acids is 2. The molecule has 4 heteroatoms. The van der Waals surface area contributed by atoms with Gasteiger partial charge in [-0.15, -0.1) is 0 Å². The van der Waals surface area contributed by atoms with Gasteiger partial charge in [-0.3, -0.25) is 9.59 Å². The van der Waals surface area contributed by atoms with Gasteiger partial charge >= 0.3 is 5.97 Å². The molecule has 2 aliphatic carbocycles. The number of carbonyl (C=O) groups is 2. The van der Waals surface area contributed by atoms with Crippen LogP contribution >= 0.6 is 0 Å². The van der Waals surface area contributed by atoms with Gasteiger partial charge in [-0.25, -0.2) is 0 Å². The molecule has 3 aliphatic rings. The van der Waals surface area contributed by atoms with Gasteiger partial charge < -0.3 is 9.84 Å². The third kappa shape index (κ3) is 1.62. The van der Waals surface area contributed by atoms with E-state index in [2.05, 4.69) is 0 Å². The summed E-state index contributed by atoms with van der Waals surface area (Å²) in [5.74, 6) is -0.162. The molecule has 6 atom stereocenters. The Kier molecular flexibility index (Phi) is 2.63. The molecule has 3 fully saturated rings. The minimum Gasteiger partial charge on any atom is -0.461 e. The van der Waals surface area contributed by atoms with Gasteiger partial charge in [0.2, 0.25) is 0 Å². The summed E-state index contributed by atoms with van der Waals surface area (Å²) in [6.07, 6.45) is 2.21. The SMILES string of the molecule is C[C@@H]1C(=O)O[C@@H]2[C@@H]1CC[C@]1(C)C(=O)CC[C@@](C)(O)[C@H]21. The number of fused-ring (bicyclic) bond motifs is 3. The van der Waals surface area contributed by atoms with Crippen molar-refractivity contribution in [1.82, 2.24) is 0 Å². The summed E-state index contributed by atoms with van der Waals surface area (Å²) in [6, 6.07) is 0. The van der Waals surface area contributed by atoms with E-state index in [9.17, 15) is 14.7 Å². The standard InChI is InChI=1S/C15H22O4/c1-8-9-4-6-14(2)10(16)5-7-15(3,18)12(14)11(9)19-13(8)17/h8-9,11-12,18H,4-7H2,1-3H3/t8-,9+,11+,12+,14+,15+/m0/s1. The van der Waals surface area contributed by atoms with Crippen LogP contribution in [-0.4, -0.2) is 28.6 Å². The fourth-order valence-corrected chi connectivity index (χ4v) is 4.66. The van der Waals surface area contributed by atoms with E-state index in [0.717, 1.165) is 12.8 Å². The van der Waals surface area contributed by atoms with Crippen molar-refractivity contribution < 1.29 is 19.4 Å². The fraction of sp³-hybridized carbons (Fsp3) is 0.867. The highest BCUT2D eigenvalue weighted by molar-refractivity contribution is 5.86. The maximum absolute atomic E-state index is 12.3. The maximum atomic E-state index is 12.3. The van der Waals surface area contributed by atoms with E-state index in [0.29, 0.717) is 12.8 Å². The lowest BCUT2D eigenvalue weighted by molar-refractivity contribution is -0.186. The zero-order valence-electron chi connectivity index (χ0n) is 11.8. The summed E-state index contributed by atoms with van der Waals surface area (Å²) in [5.41, 5.74) is -1.45. The molecule has 0 bridgehead atoms. The van der Waals surface area contributed by atoms with E-state index in [1.165, 1.54) is 0 Å². The molecule has 0 unspecified atom stereocenters. The highest BCUT2D eigenvalue weighted by Crippen LogP contribution is 2.57. The second-order valence-corrected chi connectivity index (χ2v) is 7.07. The highest BCUT2D eigenvalue weighted by Gasteiger charge is 2.63. The van der Waals surface area contributed by atoms with Crippen molar-refractivity contribution in [1.29, 1.82) is 0 Å². The Labute approximate surface area is 113 Å². The molecule has 0 spiro atoms. The Morgan fingerprint density at radius 3 is 2.63 bits per heavy atom. The van der Waals surface area contributed by atoms with Crippen LogP contribution in [0.1, 0.15) is 46.5 Å². The first-order valence-electron chi connectivity index (χ1n) is 7.23. The Morgan fingerprint density at radius 2 is 1.95 bits per heavy atom. The Hall–Kier alpha value is -0.900. The molecule has 106 valence electrons. The minimum absolute atomic E-state index is 0.109. The predicted molar refractivity (Wildman–Crippen MR) is 68.2 cm³/mol. The molecule has 0 amide bonds. The number of hydrogen-bond donors (Lipinski definition) is 1. The fourth-order valence-electron chi connectivity index (χ4n) is 4.66. The number of esters is 1. The van der Waals surface area contributed by atoms with Crippen LogP contribution in [0.2, 0.25) is 0 Å². The van der Waals surface area contributed by atoms with Crippen molar-refractivity contribution >= 4 is 11.8 Å². The first kappa shape index (κ1) is 13.1. The Bertz CT molecular complexity index is 441. The Morgan fingerprint density at radius 1 is 1.26 bits per heavy atom. The van der Waals surface area contributed by atoms with Crippen LogP contribution in [0, 0.1) is 23.2 Å². The van der Waals surface area contributed by atoms with Gasteiger partial charge in [0.25, 0.3) is 0 Å². The van der Waals surface area contributed by atoms with Gasteiger partial charge in [-0.2, -0.15) is 0 Å². The molecule has 1 aliphatic heterocycles. The monoisotopic (exact) mass is 266 g/mol. The smallest absolute Gasteiger partial charge is 0.309 e. The van der Waals surface area contributed by atoms with Crippen molar-refractivity contribution in [3.05, 3.63) is 0 Å². The minimum atomic E-state index is -0.920. The molecule has 1 N–H and O–H groups in total. The molecule has 1 saturated heterocycles. The number of hydrogen-bond acceptors (Lipinski definition) is 4. The van der Waals surface area contributed by atoms with Crippen molar-refractivity contribution in [3.8, 4) is 0 Å². The summed E-state index contributed by atoms with van der Waals surface area (Å²) in [7, 11) is 0. The first-order valence-corrected chi connectivity index (χ1v) is 7.23. The van der Waals surface area contributed by atoms with Gasteiger partial charge in [-0.1, -0.05) is 13.8 Å². The molecule has 4 nitrogen and oxygen atoms in total. The lowest BCUT2D eigenvalue weighted by Crippen LogP contribution is -2.61. The van der Waals surface area contributed by atoms with Crippen LogP contribution in [0.15, 0.2) is 0 Å². The van der Waals surface area contributed by atoms with E-state index >= 15 is 0 Å². The van der Waals surface area contributed by atoms with Crippen molar-refractivity contribution in [3.63, 3.8) is 0 Å². The highest BCUT2D eigenvalue weighted by atomic mass is 16.6. The normalized spacial score (nSPS) is 53.5. The molecule has 0 radical (unpaired) electrons. The van der Waals surface area contributed by atoms with Crippen LogP contribution in [0.3, 0.4) is 0 Å². The summed E-state index contributed by atoms with van der Waals surface area (Å²) in [6.45, 7) is 5.64. The van der Waals surface area contributed by atoms with E-state index in [4.69, 9.17) is 4.74 Å². The van der Waals surface area contributed by atoms with Crippen molar-refractivity contribution in [2.24, 2.45) is 23.2 Å². The average Bonchev–Trinajstić information content (AvgIpc) is 2.60. The largest absolute Gasteiger partial charge is 0.461 e. The molecule has 2 saturated carbocycles. The first-order chi connectivity index (χ1) is 8.77. The zero-order chi connectivity index (χ0) is 14.0. The van der Waals surface area contributed by atoms with E-state index in [1.807, 2.05) is 13.8 Å². The van der Waals surface area contributed by atoms with Crippen LogP contribution in [0.5, 0.6) is 0 Å². The van der Waals surface area contributed by atoms with Crippen LogP contribution in [0.4, 0.5) is 0 Å². The number of ether oxygens (including phenoxy) is 1. The predicted octanol–water partition coefficient (Wildman–Crippen LogP) is 1.69. The van der Waals surface area contributed by atoms with E-state index in [-0.39, 0.29) is 35.6 Å². The van der Waals surface area contributed by atoms with E-state index in [1.54, 1.807) is 6.92 Å². The summed E-state index contributed by atoms with van der Waals surface area (Å²) in [5, 5.41) is 10.7. The van der Waals surface area contributed by atoms with Gasteiger partial charge in [-0.05, 0) is 26.2 Å². The molecule has 0 aromatic heterocycles. The Balaban J connectivity index is 2.03. The number of Topliss-reactive ketones (excluding diaryl/α,β-unsaturated/α-hetero) is 1. The zero-order valence-corrected chi connectivity index (χ0v) is 11.8. The molecule has 0 aromatic carbocycles. The van der Waals surface area contributed by atoms with Crippen molar-refractivity contribution in [2.75, 3.05) is 0 Å². The van der Waals surface area contributed by atoms with Gasteiger partial charge in [0.05, 0.1) is 11.5 Å². The third-order valence-corrected chi connectivity index (χ3v) is 5.87. The number of ketones is 1. The summed E-state index contributed by atoms with van der Waals surface area (Å²) in [4.78, 5) is 24.2. The van der Waals surface area contributed by atoms with E-state index < -0.39 is 11.0 Å². The van der Waals surface area contributed by atoms with Gasteiger partial charge in [0.1, 0.15) is 11.9 Å². The average molecular weight is 266 g/mol. The quantitative estimate of drug-likeness (QED) is 0.678. The molecular formula is C15H22O4. The number of rotatable bonds is 0. The van der Waals surface area contributed by atoms with Gasteiger partial charge in [0.15, 0.2) is 0 Å². The lowest BCUT2D eigenvalue weighted by atomic mass is 9.51. The molecular weight excluding hydrogens is 244 g/mol. The molecule has 19 heavy (non-hydrogen) atoms. The number of aliphatic hydroxyl groups is 1. The third-order valence-electron chi connectivity index (χ3n) is 5.87. The van der Waals surface area contributed by atoms with Gasteiger partial charge in [0, 0.05) is 23.7 Å². The molecule has 3 rings (SSSR count). The van der Waals surface area contributed by atoms with Crippen LogP contribution in [0.25, 0.3) is 0 Å². The molecule has 0 aromatic rings. The summed E-state index contributed by atoms with van der Waals surface area (Å²) >= 11 is 0. The topological polar surface area (TPSA) is 63.6 Å². The maximum Gasteiger partial charge on any atom is 0.309 e. The second kappa shape index (κ2) is 3.81. The van der Waals surface area contributed by atoms with Crippen LogP contribution in [-0.2, 0) is 14.3 Å².